The SMILES string of the molecule is COc1nccnc1C(=O)C1CCCC1CN. The Morgan fingerprint density at radius 3 is 2.94 bits per heavy atom. The number of hydrogen-bond acceptors (Lipinski definition) is 5. The van der Waals surface area contributed by atoms with E-state index in [2.05, 4.69) is 9.97 Å². The molecule has 2 rings (SSSR count). The van der Waals surface area contributed by atoms with Crippen LogP contribution >= 0.6 is 0 Å². The van der Waals surface area contributed by atoms with Crippen LogP contribution in [0.1, 0.15) is 29.8 Å². The molecule has 0 bridgehead atoms. The molecule has 1 aliphatic rings. The lowest BCUT2D eigenvalue weighted by atomic mass is 9.90. The van der Waals surface area contributed by atoms with E-state index in [-0.39, 0.29) is 17.6 Å². The van der Waals surface area contributed by atoms with Gasteiger partial charge in [0, 0.05) is 18.3 Å². The van der Waals surface area contributed by atoms with Crippen LogP contribution in [0.5, 0.6) is 5.88 Å². The Morgan fingerprint density at radius 2 is 2.24 bits per heavy atom. The van der Waals surface area contributed by atoms with Crippen molar-refractivity contribution in [2.45, 2.75) is 19.3 Å². The monoisotopic (exact) mass is 235 g/mol. The molecule has 0 saturated heterocycles. The van der Waals surface area contributed by atoms with Crippen molar-refractivity contribution in [2.24, 2.45) is 17.6 Å². The van der Waals surface area contributed by atoms with Crippen LogP contribution in [0.4, 0.5) is 0 Å². The van der Waals surface area contributed by atoms with Gasteiger partial charge in [-0.2, -0.15) is 0 Å². The molecule has 1 aromatic heterocycles. The van der Waals surface area contributed by atoms with Crippen molar-refractivity contribution in [1.82, 2.24) is 9.97 Å². The van der Waals surface area contributed by atoms with E-state index in [0.29, 0.717) is 18.1 Å². The van der Waals surface area contributed by atoms with E-state index in [1.165, 1.54) is 19.5 Å². The van der Waals surface area contributed by atoms with Gasteiger partial charge in [-0.05, 0) is 25.3 Å². The lowest BCUT2D eigenvalue weighted by Crippen LogP contribution is -2.26. The van der Waals surface area contributed by atoms with Crippen LogP contribution in [0.2, 0.25) is 0 Å². The maximum Gasteiger partial charge on any atom is 0.243 e. The maximum absolute atomic E-state index is 12.4. The summed E-state index contributed by atoms with van der Waals surface area (Å²) in [6.45, 7) is 0.555. The van der Waals surface area contributed by atoms with E-state index in [4.69, 9.17) is 10.5 Å². The van der Waals surface area contributed by atoms with Crippen molar-refractivity contribution in [1.29, 1.82) is 0 Å². The Balaban J connectivity index is 2.24. The summed E-state index contributed by atoms with van der Waals surface area (Å²) in [7, 11) is 1.50. The predicted molar refractivity (Wildman–Crippen MR) is 62.8 cm³/mol. The first kappa shape index (κ1) is 12.0. The maximum atomic E-state index is 12.4. The fraction of sp³-hybridized carbons (Fsp3) is 0.583. The first-order valence-corrected chi connectivity index (χ1v) is 5.87. The summed E-state index contributed by atoms with van der Waals surface area (Å²) in [6, 6.07) is 0. The average Bonchev–Trinajstić information content (AvgIpc) is 2.86. The third-order valence-electron chi connectivity index (χ3n) is 3.39. The van der Waals surface area contributed by atoms with Crippen molar-refractivity contribution in [3.63, 3.8) is 0 Å². The van der Waals surface area contributed by atoms with Gasteiger partial charge in [-0.1, -0.05) is 6.42 Å². The molecule has 1 heterocycles. The summed E-state index contributed by atoms with van der Waals surface area (Å²) in [5, 5.41) is 0. The number of ketones is 1. The minimum Gasteiger partial charge on any atom is -0.479 e. The number of carbonyl (C=O) groups excluding carboxylic acids is 1. The minimum atomic E-state index is -0.0226. The molecule has 2 unspecified atom stereocenters. The number of Topliss-reactive ketones (excluding diaryl/α,β-unsaturated/α-hetero) is 1. The third kappa shape index (κ3) is 2.29. The van der Waals surface area contributed by atoms with Crippen molar-refractivity contribution in [3.8, 4) is 5.88 Å². The zero-order chi connectivity index (χ0) is 12.3. The molecule has 17 heavy (non-hydrogen) atoms. The van der Waals surface area contributed by atoms with Crippen LogP contribution in [0.15, 0.2) is 12.4 Å². The van der Waals surface area contributed by atoms with Gasteiger partial charge in [0.1, 0.15) is 0 Å². The van der Waals surface area contributed by atoms with E-state index >= 15 is 0 Å². The second-order valence-electron chi connectivity index (χ2n) is 4.31. The Labute approximate surface area is 100 Å². The van der Waals surface area contributed by atoms with Crippen LogP contribution in [-0.2, 0) is 0 Å². The van der Waals surface area contributed by atoms with E-state index in [1.54, 1.807) is 0 Å². The molecule has 1 saturated carbocycles. The third-order valence-corrected chi connectivity index (χ3v) is 3.39. The Hall–Kier alpha value is -1.49. The Kier molecular flexibility index (Phi) is 3.68. The number of methoxy groups -OCH3 is 1. The first-order valence-electron chi connectivity index (χ1n) is 5.87. The van der Waals surface area contributed by atoms with Gasteiger partial charge in [-0.15, -0.1) is 0 Å². The summed E-state index contributed by atoms with van der Waals surface area (Å²) >= 11 is 0. The molecule has 92 valence electrons. The van der Waals surface area contributed by atoms with E-state index in [9.17, 15) is 4.79 Å². The second-order valence-corrected chi connectivity index (χ2v) is 4.31. The summed E-state index contributed by atoms with van der Waals surface area (Å²) < 4.78 is 5.07. The van der Waals surface area contributed by atoms with Crippen molar-refractivity contribution in [3.05, 3.63) is 18.1 Å². The number of ether oxygens (including phenoxy) is 1. The van der Waals surface area contributed by atoms with Crippen LogP contribution in [0.3, 0.4) is 0 Å². The number of aromatic nitrogens is 2. The van der Waals surface area contributed by atoms with Crippen LogP contribution in [-0.4, -0.2) is 29.4 Å². The topological polar surface area (TPSA) is 78.1 Å². The molecule has 1 aliphatic carbocycles. The molecule has 0 amide bonds. The molecule has 5 nitrogen and oxygen atoms in total. The largest absolute Gasteiger partial charge is 0.479 e. The summed E-state index contributed by atoms with van der Waals surface area (Å²) in [5.74, 6) is 0.572. The van der Waals surface area contributed by atoms with Gasteiger partial charge in [0.2, 0.25) is 5.88 Å². The van der Waals surface area contributed by atoms with E-state index in [1.807, 2.05) is 0 Å². The lowest BCUT2D eigenvalue weighted by molar-refractivity contribution is 0.0884. The standard InChI is InChI=1S/C12H17N3O2/c1-17-12-10(14-5-6-15-12)11(16)9-4-2-3-8(9)7-13/h5-6,8-9H,2-4,7,13H2,1H3. The normalized spacial score (nSPS) is 23.6. The fourth-order valence-corrected chi connectivity index (χ4v) is 2.48. The highest BCUT2D eigenvalue weighted by Gasteiger charge is 2.34. The summed E-state index contributed by atoms with van der Waals surface area (Å²) in [5.41, 5.74) is 6.02. The number of hydrogen-bond donors (Lipinski definition) is 1. The average molecular weight is 235 g/mol. The van der Waals surface area contributed by atoms with Crippen molar-refractivity contribution >= 4 is 5.78 Å². The predicted octanol–water partition coefficient (Wildman–Crippen LogP) is 1.04. The smallest absolute Gasteiger partial charge is 0.243 e. The quantitative estimate of drug-likeness (QED) is 0.789. The van der Waals surface area contributed by atoms with Crippen LogP contribution in [0.25, 0.3) is 0 Å². The Morgan fingerprint density at radius 1 is 1.47 bits per heavy atom. The van der Waals surface area contributed by atoms with Gasteiger partial charge in [-0.3, -0.25) is 4.79 Å². The molecular formula is C12H17N3O2. The van der Waals surface area contributed by atoms with Gasteiger partial charge in [0.25, 0.3) is 0 Å². The molecule has 0 aliphatic heterocycles. The van der Waals surface area contributed by atoms with Gasteiger partial charge in [-0.25, -0.2) is 9.97 Å². The number of rotatable bonds is 4. The molecular weight excluding hydrogens is 218 g/mol. The summed E-state index contributed by atoms with van der Waals surface area (Å²) in [4.78, 5) is 20.4. The number of nitrogens with two attached hydrogens (primary N) is 1. The van der Waals surface area contributed by atoms with Gasteiger partial charge >= 0.3 is 0 Å². The fourth-order valence-electron chi connectivity index (χ4n) is 2.48. The molecule has 2 N–H and O–H groups in total. The van der Waals surface area contributed by atoms with Crippen LogP contribution < -0.4 is 10.5 Å². The highest BCUT2D eigenvalue weighted by atomic mass is 16.5. The van der Waals surface area contributed by atoms with Gasteiger partial charge in [0.05, 0.1) is 7.11 Å². The van der Waals surface area contributed by atoms with E-state index in [0.717, 1.165) is 19.3 Å². The zero-order valence-electron chi connectivity index (χ0n) is 9.93. The van der Waals surface area contributed by atoms with Crippen LogP contribution in [0, 0.1) is 11.8 Å². The van der Waals surface area contributed by atoms with Gasteiger partial charge in [0.15, 0.2) is 11.5 Å². The molecule has 1 aromatic rings. The minimum absolute atomic E-state index is 0.0166. The molecule has 0 spiro atoms. The highest BCUT2D eigenvalue weighted by Crippen LogP contribution is 2.34. The molecule has 0 aromatic carbocycles. The zero-order valence-corrected chi connectivity index (χ0v) is 9.93. The molecule has 1 fully saturated rings. The number of carbonyl (C=O) groups is 1. The molecule has 0 radical (unpaired) electrons. The van der Waals surface area contributed by atoms with Gasteiger partial charge < -0.3 is 10.5 Å². The second kappa shape index (κ2) is 5.23. The van der Waals surface area contributed by atoms with Crippen molar-refractivity contribution < 1.29 is 9.53 Å². The summed E-state index contributed by atoms with van der Waals surface area (Å²) in [6.07, 6.45) is 6.00. The Bertz CT molecular complexity index is 408. The number of nitrogens with zero attached hydrogens (tertiary/aromatic N) is 2. The molecule has 5 heteroatoms. The van der Waals surface area contributed by atoms with Crippen molar-refractivity contribution in [2.75, 3.05) is 13.7 Å². The first-order chi connectivity index (χ1) is 8.27. The highest BCUT2D eigenvalue weighted by molar-refractivity contribution is 5.98. The van der Waals surface area contributed by atoms with E-state index < -0.39 is 0 Å². The lowest BCUT2D eigenvalue weighted by Gasteiger charge is -2.16. The molecule has 2 atom stereocenters.